The van der Waals surface area contributed by atoms with Crippen molar-refractivity contribution in [3.05, 3.63) is 29.3 Å². The molecule has 0 bridgehead atoms. The second-order valence-electron chi connectivity index (χ2n) is 9.14. The second-order valence-corrected chi connectivity index (χ2v) is 9.14. The van der Waals surface area contributed by atoms with Crippen molar-refractivity contribution in [1.82, 2.24) is 4.90 Å². The quantitative estimate of drug-likeness (QED) is 0.600. The number of primary amides is 1. The average Bonchev–Trinajstić information content (AvgIpc) is 2.66. The predicted octanol–water partition coefficient (Wildman–Crippen LogP) is 4.63. The number of amides is 2. The first-order valence-corrected chi connectivity index (χ1v) is 11.2. The summed E-state index contributed by atoms with van der Waals surface area (Å²) in [5.41, 5.74) is 8.66. The Labute approximate surface area is 176 Å². The third-order valence-corrected chi connectivity index (χ3v) is 5.96. The van der Waals surface area contributed by atoms with Gasteiger partial charge in [-0.3, -0.25) is 14.5 Å². The molecule has 1 aromatic rings. The second kappa shape index (κ2) is 11.3. The molecule has 1 fully saturated rings. The van der Waals surface area contributed by atoms with Crippen LogP contribution in [0, 0.1) is 5.92 Å². The van der Waals surface area contributed by atoms with Gasteiger partial charge in [0.15, 0.2) is 0 Å². The van der Waals surface area contributed by atoms with E-state index in [4.69, 9.17) is 5.73 Å². The normalized spacial score (nSPS) is 15.3. The molecule has 0 atom stereocenters. The van der Waals surface area contributed by atoms with Gasteiger partial charge in [0.2, 0.25) is 11.8 Å². The highest BCUT2D eigenvalue weighted by atomic mass is 16.2. The molecule has 3 N–H and O–H groups in total. The SMILES string of the molecule is CC(C)c1cccc(C(C)C)c1NC(=O)CN(CCC1CCCCC1)CC(N)=O. The summed E-state index contributed by atoms with van der Waals surface area (Å²) in [5.74, 6) is 0.877. The van der Waals surface area contributed by atoms with Crippen molar-refractivity contribution < 1.29 is 9.59 Å². The largest absolute Gasteiger partial charge is 0.369 e. The van der Waals surface area contributed by atoms with Gasteiger partial charge < -0.3 is 11.1 Å². The van der Waals surface area contributed by atoms with E-state index < -0.39 is 0 Å². The van der Waals surface area contributed by atoms with Crippen LogP contribution in [0.3, 0.4) is 0 Å². The molecule has 0 spiro atoms. The molecule has 5 nitrogen and oxygen atoms in total. The van der Waals surface area contributed by atoms with Crippen molar-refractivity contribution in [3.8, 4) is 0 Å². The molecule has 2 rings (SSSR count). The van der Waals surface area contributed by atoms with Crippen LogP contribution in [-0.2, 0) is 9.59 Å². The molecule has 1 aliphatic carbocycles. The molecule has 0 aromatic heterocycles. The molecule has 1 aliphatic rings. The van der Waals surface area contributed by atoms with Gasteiger partial charge in [-0.25, -0.2) is 0 Å². The molecule has 1 aromatic carbocycles. The average molecular weight is 402 g/mol. The summed E-state index contributed by atoms with van der Waals surface area (Å²) in [6, 6.07) is 6.22. The van der Waals surface area contributed by atoms with Crippen LogP contribution in [0.5, 0.6) is 0 Å². The van der Waals surface area contributed by atoms with Crippen molar-refractivity contribution in [3.63, 3.8) is 0 Å². The van der Waals surface area contributed by atoms with Crippen molar-refractivity contribution >= 4 is 17.5 Å². The first kappa shape index (κ1) is 23.4. The molecule has 5 heteroatoms. The smallest absolute Gasteiger partial charge is 0.238 e. The fourth-order valence-electron chi connectivity index (χ4n) is 4.35. The zero-order valence-corrected chi connectivity index (χ0v) is 18.7. The Bertz CT molecular complexity index is 652. The van der Waals surface area contributed by atoms with E-state index in [2.05, 4.69) is 51.2 Å². The fraction of sp³-hybridized carbons (Fsp3) is 0.667. The van der Waals surface area contributed by atoms with Crippen LogP contribution in [0.1, 0.15) is 89.2 Å². The number of hydrogen-bond donors (Lipinski definition) is 2. The number of hydrogen-bond acceptors (Lipinski definition) is 3. The monoisotopic (exact) mass is 401 g/mol. The number of carbonyl (C=O) groups excluding carboxylic acids is 2. The van der Waals surface area contributed by atoms with Gasteiger partial charge in [0, 0.05) is 5.69 Å². The summed E-state index contributed by atoms with van der Waals surface area (Å²) in [4.78, 5) is 26.3. The molecule has 0 radical (unpaired) electrons. The van der Waals surface area contributed by atoms with E-state index in [0.29, 0.717) is 17.8 Å². The zero-order valence-electron chi connectivity index (χ0n) is 18.7. The standard InChI is InChI=1S/C24H39N3O2/c1-17(2)20-11-8-12-21(18(3)4)24(20)26-23(29)16-27(15-22(25)28)14-13-19-9-6-5-7-10-19/h8,11-12,17-19H,5-7,9-10,13-16H2,1-4H3,(H2,25,28)(H,26,29). The van der Waals surface area contributed by atoms with Crippen LogP contribution in [0.15, 0.2) is 18.2 Å². The van der Waals surface area contributed by atoms with E-state index in [0.717, 1.165) is 29.8 Å². The lowest BCUT2D eigenvalue weighted by Gasteiger charge is -2.26. The van der Waals surface area contributed by atoms with E-state index in [1.165, 1.54) is 32.1 Å². The molecule has 0 saturated heterocycles. The van der Waals surface area contributed by atoms with Crippen LogP contribution >= 0.6 is 0 Å². The highest BCUT2D eigenvalue weighted by Gasteiger charge is 2.20. The summed E-state index contributed by atoms with van der Waals surface area (Å²) in [7, 11) is 0. The van der Waals surface area contributed by atoms with Crippen LogP contribution in [-0.4, -0.2) is 36.3 Å². The van der Waals surface area contributed by atoms with Crippen molar-refractivity contribution in [2.24, 2.45) is 11.7 Å². The molecule has 2 amide bonds. The van der Waals surface area contributed by atoms with Crippen LogP contribution < -0.4 is 11.1 Å². The number of carbonyl (C=O) groups is 2. The molecule has 0 aliphatic heterocycles. The zero-order chi connectivity index (χ0) is 21.4. The lowest BCUT2D eigenvalue weighted by Crippen LogP contribution is -2.40. The Morgan fingerprint density at radius 3 is 2.14 bits per heavy atom. The Balaban J connectivity index is 2.06. The van der Waals surface area contributed by atoms with Gasteiger partial charge >= 0.3 is 0 Å². The topological polar surface area (TPSA) is 75.4 Å². The van der Waals surface area contributed by atoms with Gasteiger partial charge in [0.1, 0.15) is 0 Å². The van der Waals surface area contributed by atoms with E-state index in [9.17, 15) is 9.59 Å². The first-order chi connectivity index (χ1) is 13.8. The molecule has 162 valence electrons. The maximum Gasteiger partial charge on any atom is 0.238 e. The number of nitrogens with zero attached hydrogens (tertiary/aromatic N) is 1. The summed E-state index contributed by atoms with van der Waals surface area (Å²) in [6.45, 7) is 9.61. The first-order valence-electron chi connectivity index (χ1n) is 11.2. The lowest BCUT2D eigenvalue weighted by atomic mass is 9.87. The molecular weight excluding hydrogens is 362 g/mol. The summed E-state index contributed by atoms with van der Waals surface area (Å²) < 4.78 is 0. The highest BCUT2D eigenvalue weighted by molar-refractivity contribution is 5.94. The number of para-hydroxylation sites is 1. The van der Waals surface area contributed by atoms with Crippen LogP contribution in [0.2, 0.25) is 0 Å². The molecule has 0 heterocycles. The van der Waals surface area contributed by atoms with Gasteiger partial charge in [0.25, 0.3) is 0 Å². The van der Waals surface area contributed by atoms with E-state index in [1.54, 1.807) is 0 Å². The van der Waals surface area contributed by atoms with Crippen LogP contribution in [0.4, 0.5) is 5.69 Å². The van der Waals surface area contributed by atoms with E-state index in [1.807, 2.05) is 4.90 Å². The minimum absolute atomic E-state index is 0.0788. The lowest BCUT2D eigenvalue weighted by molar-refractivity contribution is -0.121. The van der Waals surface area contributed by atoms with Crippen LogP contribution in [0.25, 0.3) is 0 Å². The summed E-state index contributed by atoms with van der Waals surface area (Å²) in [5, 5.41) is 3.15. The number of nitrogens with two attached hydrogens (primary N) is 1. The predicted molar refractivity (Wildman–Crippen MR) is 120 cm³/mol. The fourth-order valence-corrected chi connectivity index (χ4v) is 4.35. The highest BCUT2D eigenvalue weighted by Crippen LogP contribution is 2.32. The van der Waals surface area contributed by atoms with Crippen molar-refractivity contribution in [1.29, 1.82) is 0 Å². The molecule has 0 unspecified atom stereocenters. The van der Waals surface area contributed by atoms with Gasteiger partial charge in [-0.2, -0.15) is 0 Å². The third kappa shape index (κ3) is 7.46. The Kier molecular flexibility index (Phi) is 9.15. The Morgan fingerprint density at radius 1 is 1.03 bits per heavy atom. The Hall–Kier alpha value is -1.88. The number of rotatable bonds is 10. The van der Waals surface area contributed by atoms with Gasteiger partial charge in [0.05, 0.1) is 13.1 Å². The van der Waals surface area contributed by atoms with Gasteiger partial charge in [-0.15, -0.1) is 0 Å². The number of anilines is 1. The maximum atomic E-state index is 12.9. The van der Waals surface area contributed by atoms with Crippen molar-refractivity contribution in [2.45, 2.75) is 78.1 Å². The van der Waals surface area contributed by atoms with E-state index in [-0.39, 0.29) is 24.9 Å². The minimum atomic E-state index is -0.383. The minimum Gasteiger partial charge on any atom is -0.369 e. The van der Waals surface area contributed by atoms with E-state index >= 15 is 0 Å². The number of benzene rings is 1. The van der Waals surface area contributed by atoms with Gasteiger partial charge in [-0.05, 0) is 41.8 Å². The summed E-state index contributed by atoms with van der Waals surface area (Å²) in [6.07, 6.45) is 7.47. The number of nitrogens with one attached hydrogen (secondary N) is 1. The molecular formula is C24H39N3O2. The van der Waals surface area contributed by atoms with Gasteiger partial charge in [-0.1, -0.05) is 78.0 Å². The summed E-state index contributed by atoms with van der Waals surface area (Å²) >= 11 is 0. The Morgan fingerprint density at radius 2 is 1.62 bits per heavy atom. The molecule has 1 saturated carbocycles. The maximum absolute atomic E-state index is 12.9. The van der Waals surface area contributed by atoms with Crippen molar-refractivity contribution in [2.75, 3.05) is 25.0 Å². The third-order valence-electron chi connectivity index (χ3n) is 5.96. The molecule has 29 heavy (non-hydrogen) atoms.